The second-order valence-corrected chi connectivity index (χ2v) is 1.32. The van der Waals surface area contributed by atoms with E-state index in [-0.39, 0.29) is 6.04 Å². The lowest BCUT2D eigenvalue weighted by molar-refractivity contribution is 0.422. The second kappa shape index (κ2) is 3.09. The Labute approximate surface area is 37.3 Å². The summed E-state index contributed by atoms with van der Waals surface area (Å²) in [5.74, 6) is 0. The lowest BCUT2D eigenvalue weighted by Gasteiger charge is -1.96. The van der Waals surface area contributed by atoms with Gasteiger partial charge in [-0.3, -0.25) is 0 Å². The normalized spacial score (nSPS) is 14.5. The van der Waals surface area contributed by atoms with Crippen LogP contribution in [0.1, 0.15) is 13.3 Å². The van der Waals surface area contributed by atoms with Crippen LogP contribution in [-0.4, -0.2) is 12.7 Å². The second-order valence-electron chi connectivity index (χ2n) is 1.32. The number of nitrogens with two attached hydrogens (primary N) is 1. The van der Waals surface area contributed by atoms with Crippen LogP contribution in [0.3, 0.4) is 0 Å². The third-order valence-electron chi connectivity index (χ3n) is 0.723. The van der Waals surface area contributed by atoms with Gasteiger partial charge in [0, 0.05) is 6.04 Å². The standard InChI is InChI=1S/C4H10FN/c1-2-4(6)3-5/h4H,2-3,6H2,1H3/t4-/m1/s1. The van der Waals surface area contributed by atoms with Gasteiger partial charge in [-0.15, -0.1) is 0 Å². The molecule has 0 heterocycles. The Hall–Kier alpha value is -0.110. The Kier molecular flexibility index (Phi) is 3.04. The van der Waals surface area contributed by atoms with Gasteiger partial charge in [-0.2, -0.15) is 0 Å². The van der Waals surface area contributed by atoms with Gasteiger partial charge in [0.25, 0.3) is 0 Å². The Morgan fingerprint density at radius 2 is 2.33 bits per heavy atom. The predicted molar refractivity (Wildman–Crippen MR) is 24.2 cm³/mol. The maximum Gasteiger partial charge on any atom is 0.104 e. The number of hydrogen-bond donors (Lipinski definition) is 1. The van der Waals surface area contributed by atoms with Crippen LogP contribution in [0.4, 0.5) is 4.39 Å². The highest BCUT2D eigenvalue weighted by atomic mass is 19.1. The summed E-state index contributed by atoms with van der Waals surface area (Å²) in [7, 11) is 0. The van der Waals surface area contributed by atoms with Crippen molar-refractivity contribution >= 4 is 0 Å². The van der Waals surface area contributed by atoms with Crippen LogP contribution in [0.25, 0.3) is 0 Å². The molecular weight excluding hydrogens is 81.0 g/mol. The van der Waals surface area contributed by atoms with Crippen molar-refractivity contribution in [3.05, 3.63) is 0 Å². The minimum absolute atomic E-state index is 0.231. The molecule has 38 valence electrons. The first-order chi connectivity index (χ1) is 2.81. The fraction of sp³-hybridized carbons (Fsp3) is 1.00. The van der Waals surface area contributed by atoms with Crippen LogP contribution in [-0.2, 0) is 0 Å². The van der Waals surface area contributed by atoms with Crippen molar-refractivity contribution in [3.8, 4) is 0 Å². The van der Waals surface area contributed by atoms with Crippen LogP contribution in [0.2, 0.25) is 0 Å². The summed E-state index contributed by atoms with van der Waals surface area (Å²) in [6.45, 7) is 1.47. The first-order valence-corrected chi connectivity index (χ1v) is 2.12. The molecule has 0 aliphatic heterocycles. The molecule has 0 rings (SSSR count). The van der Waals surface area contributed by atoms with Crippen molar-refractivity contribution < 1.29 is 4.39 Å². The van der Waals surface area contributed by atoms with E-state index in [0.717, 1.165) is 6.42 Å². The van der Waals surface area contributed by atoms with Crippen LogP contribution < -0.4 is 5.73 Å². The highest BCUT2D eigenvalue weighted by Gasteiger charge is 1.92. The van der Waals surface area contributed by atoms with E-state index in [1.165, 1.54) is 0 Å². The molecule has 0 aromatic rings. The van der Waals surface area contributed by atoms with Gasteiger partial charge in [-0.1, -0.05) is 6.92 Å². The quantitative estimate of drug-likeness (QED) is 0.531. The van der Waals surface area contributed by atoms with E-state index in [9.17, 15) is 4.39 Å². The monoisotopic (exact) mass is 91.1 g/mol. The fourth-order valence-electron chi connectivity index (χ4n) is 0.109. The third-order valence-corrected chi connectivity index (χ3v) is 0.723. The minimum Gasteiger partial charge on any atom is -0.325 e. The number of hydrogen-bond acceptors (Lipinski definition) is 1. The predicted octanol–water partition coefficient (Wildman–Crippen LogP) is 0.693. The molecule has 0 unspecified atom stereocenters. The smallest absolute Gasteiger partial charge is 0.104 e. The van der Waals surface area contributed by atoms with Crippen LogP contribution in [0.15, 0.2) is 0 Å². The summed E-state index contributed by atoms with van der Waals surface area (Å²) in [5.41, 5.74) is 5.10. The first kappa shape index (κ1) is 5.89. The number of alkyl halides is 1. The van der Waals surface area contributed by atoms with Crippen molar-refractivity contribution in [1.29, 1.82) is 0 Å². The summed E-state index contributed by atoms with van der Waals surface area (Å²) in [4.78, 5) is 0. The molecule has 0 aliphatic rings. The van der Waals surface area contributed by atoms with E-state index in [1.807, 2.05) is 6.92 Å². The zero-order valence-corrected chi connectivity index (χ0v) is 3.95. The molecule has 0 aromatic heterocycles. The molecule has 0 saturated heterocycles. The van der Waals surface area contributed by atoms with Crippen LogP contribution in [0.5, 0.6) is 0 Å². The number of rotatable bonds is 2. The lowest BCUT2D eigenvalue weighted by Crippen LogP contribution is -2.20. The fourth-order valence-corrected chi connectivity index (χ4v) is 0.109. The van der Waals surface area contributed by atoms with E-state index in [0.29, 0.717) is 0 Å². The van der Waals surface area contributed by atoms with Crippen LogP contribution in [0, 0.1) is 0 Å². The topological polar surface area (TPSA) is 26.0 Å². The molecule has 2 heteroatoms. The van der Waals surface area contributed by atoms with Gasteiger partial charge in [-0.25, -0.2) is 4.39 Å². The van der Waals surface area contributed by atoms with Gasteiger partial charge >= 0.3 is 0 Å². The van der Waals surface area contributed by atoms with E-state index in [2.05, 4.69) is 0 Å². The molecule has 6 heavy (non-hydrogen) atoms. The van der Waals surface area contributed by atoms with Gasteiger partial charge in [-0.05, 0) is 6.42 Å². The third kappa shape index (κ3) is 2.15. The number of halogens is 1. The summed E-state index contributed by atoms with van der Waals surface area (Å²) in [5, 5.41) is 0. The molecule has 1 nitrogen and oxygen atoms in total. The van der Waals surface area contributed by atoms with Crippen molar-refractivity contribution in [2.75, 3.05) is 6.67 Å². The lowest BCUT2D eigenvalue weighted by atomic mass is 10.3. The maximum atomic E-state index is 11.3. The summed E-state index contributed by atoms with van der Waals surface area (Å²) in [6.07, 6.45) is 0.733. The molecule has 0 fully saturated rings. The van der Waals surface area contributed by atoms with Gasteiger partial charge in [0.15, 0.2) is 0 Å². The summed E-state index contributed by atoms with van der Waals surface area (Å²) < 4.78 is 11.3. The molecule has 2 N–H and O–H groups in total. The molecule has 1 atom stereocenters. The molecule has 0 amide bonds. The van der Waals surface area contributed by atoms with Crippen molar-refractivity contribution in [2.24, 2.45) is 5.73 Å². The first-order valence-electron chi connectivity index (χ1n) is 2.12. The zero-order valence-electron chi connectivity index (χ0n) is 3.95. The van der Waals surface area contributed by atoms with Crippen molar-refractivity contribution in [3.63, 3.8) is 0 Å². The Morgan fingerprint density at radius 3 is 2.33 bits per heavy atom. The Bertz CT molecular complexity index is 26.7. The maximum absolute atomic E-state index is 11.3. The molecule has 0 spiro atoms. The highest BCUT2D eigenvalue weighted by Crippen LogP contribution is 1.83. The minimum atomic E-state index is -0.392. The molecule has 0 radical (unpaired) electrons. The SMILES string of the molecule is CC[C@@H](N)CF. The van der Waals surface area contributed by atoms with Crippen LogP contribution >= 0.6 is 0 Å². The highest BCUT2D eigenvalue weighted by molar-refractivity contribution is 4.52. The van der Waals surface area contributed by atoms with Gasteiger partial charge in [0.1, 0.15) is 6.67 Å². The Morgan fingerprint density at radius 1 is 1.83 bits per heavy atom. The summed E-state index contributed by atoms with van der Waals surface area (Å²) >= 11 is 0. The van der Waals surface area contributed by atoms with Gasteiger partial charge < -0.3 is 5.73 Å². The van der Waals surface area contributed by atoms with Gasteiger partial charge in [0.05, 0.1) is 0 Å². The van der Waals surface area contributed by atoms with E-state index < -0.39 is 6.67 Å². The largest absolute Gasteiger partial charge is 0.325 e. The average molecular weight is 91.1 g/mol. The van der Waals surface area contributed by atoms with Crippen molar-refractivity contribution in [1.82, 2.24) is 0 Å². The molecule has 0 saturated carbocycles. The Balaban J connectivity index is 2.75. The van der Waals surface area contributed by atoms with E-state index in [1.54, 1.807) is 0 Å². The molecular formula is C4H10FN. The van der Waals surface area contributed by atoms with Gasteiger partial charge in [0.2, 0.25) is 0 Å². The average Bonchev–Trinajstić information content (AvgIpc) is 1.65. The molecule has 0 aromatic carbocycles. The molecule has 0 aliphatic carbocycles. The van der Waals surface area contributed by atoms with Crippen molar-refractivity contribution in [2.45, 2.75) is 19.4 Å². The summed E-state index contributed by atoms with van der Waals surface area (Å²) in [6, 6.07) is -0.231. The zero-order chi connectivity index (χ0) is 4.99. The molecule has 0 bridgehead atoms. The van der Waals surface area contributed by atoms with E-state index >= 15 is 0 Å². The van der Waals surface area contributed by atoms with E-state index in [4.69, 9.17) is 5.73 Å².